The molecule has 0 spiro atoms. The highest BCUT2D eigenvalue weighted by Gasteiger charge is 2.51. The van der Waals surface area contributed by atoms with Gasteiger partial charge in [-0.2, -0.15) is 0 Å². The van der Waals surface area contributed by atoms with Crippen LogP contribution >= 0.6 is 23.5 Å². The van der Waals surface area contributed by atoms with Gasteiger partial charge in [0.2, 0.25) is 11.1 Å². The first-order valence-corrected chi connectivity index (χ1v) is 8.05. The van der Waals surface area contributed by atoms with E-state index in [-0.39, 0.29) is 17.0 Å². The number of fused-ring (bicyclic) bond motifs is 1. The third-order valence-electron chi connectivity index (χ3n) is 3.25. The van der Waals surface area contributed by atoms with Crippen LogP contribution in [0.4, 0.5) is 0 Å². The minimum atomic E-state index is -1.10. The maximum atomic E-state index is 11.8. The summed E-state index contributed by atoms with van der Waals surface area (Å²) >= 11 is 2.82. The smallest absolute Gasteiger partial charge is 0.352 e. The summed E-state index contributed by atoms with van der Waals surface area (Å²) in [6, 6.07) is -0.610. The fourth-order valence-electron chi connectivity index (χ4n) is 2.19. The first-order valence-electron chi connectivity index (χ1n) is 6.01. The van der Waals surface area contributed by atoms with Gasteiger partial charge in [-0.3, -0.25) is 9.69 Å². The van der Waals surface area contributed by atoms with Crippen LogP contribution in [0.25, 0.3) is 0 Å². The summed E-state index contributed by atoms with van der Waals surface area (Å²) < 4.78 is 1.51. The number of aliphatic carboxylic acids is 1. The van der Waals surface area contributed by atoms with Gasteiger partial charge in [0.1, 0.15) is 17.1 Å². The number of nitrogens with two attached hydrogens (primary N) is 1. The van der Waals surface area contributed by atoms with Gasteiger partial charge in [0, 0.05) is 18.6 Å². The number of aromatic nitrogens is 4. The van der Waals surface area contributed by atoms with Gasteiger partial charge in [-0.15, -0.1) is 16.9 Å². The van der Waals surface area contributed by atoms with Crippen molar-refractivity contribution in [3.8, 4) is 0 Å². The molecular weight excluding hydrogens is 316 g/mol. The predicted octanol–water partition coefficient (Wildman–Crippen LogP) is -1.12. The number of aryl methyl sites for hydroxylation is 1. The van der Waals surface area contributed by atoms with Crippen molar-refractivity contribution in [3.05, 3.63) is 11.3 Å². The van der Waals surface area contributed by atoms with Crippen molar-refractivity contribution in [1.82, 2.24) is 25.1 Å². The lowest BCUT2D eigenvalue weighted by atomic mass is 10.0. The molecule has 3 heterocycles. The zero-order valence-electron chi connectivity index (χ0n) is 11.0. The van der Waals surface area contributed by atoms with E-state index in [0.717, 1.165) is 0 Å². The molecule has 1 saturated heterocycles. The maximum Gasteiger partial charge on any atom is 0.352 e. The molecule has 112 valence electrons. The number of carbonyl (C=O) groups is 2. The minimum absolute atomic E-state index is 0.0491. The number of thioether (sulfide) groups is 2. The minimum Gasteiger partial charge on any atom is -0.477 e. The highest BCUT2D eigenvalue weighted by molar-refractivity contribution is 8.01. The summed E-state index contributed by atoms with van der Waals surface area (Å²) in [6.45, 7) is 0. The van der Waals surface area contributed by atoms with Gasteiger partial charge in [-0.05, 0) is 16.0 Å². The molecule has 3 rings (SSSR count). The molecule has 3 N–H and O–H groups in total. The Hall–Kier alpha value is -1.59. The molecule has 9 nitrogen and oxygen atoms in total. The molecule has 21 heavy (non-hydrogen) atoms. The normalized spacial score (nSPS) is 24.9. The second kappa shape index (κ2) is 5.31. The standard InChI is InChI=1S/C10H12N6O3S2/c1-15-10(12-13-14-15)21-3-4-2-20-8-5(11)7(17)16(8)6(4)9(18)19/h5,8H,2-3,11H2,1H3,(H,18,19)/t5-,8?/m1/s1. The first kappa shape index (κ1) is 14.4. The predicted molar refractivity (Wildman–Crippen MR) is 75.3 cm³/mol. The Morgan fingerprint density at radius 3 is 3.00 bits per heavy atom. The topological polar surface area (TPSA) is 127 Å². The van der Waals surface area contributed by atoms with Crippen molar-refractivity contribution in [2.75, 3.05) is 11.5 Å². The van der Waals surface area contributed by atoms with Crippen molar-refractivity contribution < 1.29 is 14.7 Å². The van der Waals surface area contributed by atoms with E-state index >= 15 is 0 Å². The van der Waals surface area contributed by atoms with E-state index in [0.29, 0.717) is 22.2 Å². The number of hydrogen-bond acceptors (Lipinski definition) is 8. The van der Waals surface area contributed by atoms with E-state index in [1.807, 2.05) is 0 Å². The van der Waals surface area contributed by atoms with E-state index in [9.17, 15) is 14.7 Å². The monoisotopic (exact) mass is 328 g/mol. The Bertz CT molecular complexity index is 644. The molecule has 0 bridgehead atoms. The summed E-state index contributed by atoms with van der Waals surface area (Å²) in [6.07, 6.45) is 0. The molecule has 1 unspecified atom stereocenters. The molecule has 1 amide bonds. The van der Waals surface area contributed by atoms with Gasteiger partial charge in [0.05, 0.1) is 0 Å². The van der Waals surface area contributed by atoms with Gasteiger partial charge in [-0.25, -0.2) is 9.48 Å². The van der Waals surface area contributed by atoms with E-state index in [1.54, 1.807) is 7.05 Å². The van der Waals surface area contributed by atoms with Crippen LogP contribution in [-0.4, -0.2) is 65.0 Å². The third kappa shape index (κ3) is 2.30. The highest BCUT2D eigenvalue weighted by atomic mass is 32.2. The van der Waals surface area contributed by atoms with Crippen LogP contribution in [0.3, 0.4) is 0 Å². The summed E-state index contributed by atoms with van der Waals surface area (Å²) in [5.41, 5.74) is 6.42. The van der Waals surface area contributed by atoms with Crippen LogP contribution in [0, 0.1) is 0 Å². The fraction of sp³-hybridized carbons (Fsp3) is 0.500. The fourth-order valence-corrected chi connectivity index (χ4v) is 4.47. The number of carboxylic acid groups (broad SMARTS) is 1. The highest BCUT2D eigenvalue weighted by Crippen LogP contribution is 2.40. The van der Waals surface area contributed by atoms with E-state index in [2.05, 4.69) is 15.5 Å². The summed E-state index contributed by atoms with van der Waals surface area (Å²) in [5.74, 6) is -0.504. The quantitative estimate of drug-likeness (QED) is 0.522. The molecule has 11 heteroatoms. The van der Waals surface area contributed by atoms with Gasteiger partial charge in [-0.1, -0.05) is 11.8 Å². The van der Waals surface area contributed by atoms with Gasteiger partial charge >= 0.3 is 5.97 Å². The molecule has 2 aliphatic rings. The number of amides is 1. The molecule has 1 aromatic rings. The van der Waals surface area contributed by atoms with Gasteiger partial charge in [0.25, 0.3) is 0 Å². The van der Waals surface area contributed by atoms with Crippen LogP contribution in [0.2, 0.25) is 0 Å². The van der Waals surface area contributed by atoms with Crippen molar-refractivity contribution in [2.45, 2.75) is 16.6 Å². The molecule has 0 radical (unpaired) electrons. The van der Waals surface area contributed by atoms with Gasteiger partial charge < -0.3 is 10.8 Å². The lowest BCUT2D eigenvalue weighted by molar-refractivity contribution is -0.147. The van der Waals surface area contributed by atoms with E-state index in [4.69, 9.17) is 5.73 Å². The van der Waals surface area contributed by atoms with Crippen LogP contribution in [-0.2, 0) is 16.6 Å². The van der Waals surface area contributed by atoms with Crippen LogP contribution in [0.5, 0.6) is 0 Å². The van der Waals surface area contributed by atoms with Crippen molar-refractivity contribution in [1.29, 1.82) is 0 Å². The summed E-state index contributed by atoms with van der Waals surface area (Å²) in [7, 11) is 1.71. The van der Waals surface area contributed by atoms with Crippen LogP contribution < -0.4 is 5.73 Å². The maximum absolute atomic E-state index is 11.8. The zero-order chi connectivity index (χ0) is 15.1. The Labute approximate surface area is 127 Å². The molecule has 1 fully saturated rings. The Kier molecular flexibility index (Phi) is 3.63. The second-order valence-electron chi connectivity index (χ2n) is 4.57. The SMILES string of the molecule is Cn1nnnc1SCC1=C(C(=O)O)N2C(=O)[C@@H](N)C2SC1. The number of rotatable bonds is 4. The number of β-lactam (4-membered cyclic amide) rings is 1. The van der Waals surface area contributed by atoms with E-state index in [1.165, 1.54) is 33.1 Å². The van der Waals surface area contributed by atoms with Crippen molar-refractivity contribution in [2.24, 2.45) is 12.8 Å². The molecule has 1 aromatic heterocycles. The number of hydrogen-bond donors (Lipinski definition) is 2. The third-order valence-corrected chi connectivity index (χ3v) is 5.71. The molecule has 0 aromatic carbocycles. The van der Waals surface area contributed by atoms with Crippen molar-refractivity contribution in [3.63, 3.8) is 0 Å². The largest absolute Gasteiger partial charge is 0.477 e. The Morgan fingerprint density at radius 2 is 2.38 bits per heavy atom. The molecule has 0 saturated carbocycles. The number of tetrazole rings is 1. The summed E-state index contributed by atoms with van der Waals surface area (Å²) in [4.78, 5) is 24.6. The Morgan fingerprint density at radius 1 is 1.62 bits per heavy atom. The second-order valence-corrected chi connectivity index (χ2v) is 6.61. The van der Waals surface area contributed by atoms with Crippen LogP contribution in [0.1, 0.15) is 0 Å². The number of nitrogens with zero attached hydrogens (tertiary/aromatic N) is 5. The number of carboxylic acids is 1. The first-order chi connectivity index (χ1) is 10.0. The molecule has 0 aliphatic carbocycles. The van der Waals surface area contributed by atoms with Crippen molar-refractivity contribution >= 4 is 35.4 Å². The Balaban J connectivity index is 1.83. The van der Waals surface area contributed by atoms with Gasteiger partial charge in [0.15, 0.2) is 0 Å². The average molecular weight is 328 g/mol. The summed E-state index contributed by atoms with van der Waals surface area (Å²) in [5, 5.41) is 20.8. The zero-order valence-corrected chi connectivity index (χ0v) is 12.6. The van der Waals surface area contributed by atoms with Crippen LogP contribution in [0.15, 0.2) is 16.4 Å². The van der Waals surface area contributed by atoms with E-state index < -0.39 is 12.0 Å². The lowest BCUT2D eigenvalue weighted by Crippen LogP contribution is -2.68. The molecule has 2 aliphatic heterocycles. The molecule has 2 atom stereocenters. The lowest BCUT2D eigenvalue weighted by Gasteiger charge is -2.48. The average Bonchev–Trinajstić information content (AvgIpc) is 2.88. The molecular formula is C10H12N6O3S2. The number of carbonyl (C=O) groups excluding carboxylic acids is 1.